The zero-order valence-electron chi connectivity index (χ0n) is 20.5. The number of aliphatic hydroxyl groups excluding tert-OH is 2. The molecule has 4 heteroatoms. The molecular formula is C27H51NO3. The van der Waals surface area contributed by atoms with Gasteiger partial charge in [0.25, 0.3) is 0 Å². The van der Waals surface area contributed by atoms with Gasteiger partial charge in [-0.05, 0) is 32.1 Å². The lowest BCUT2D eigenvalue weighted by atomic mass is 10.1. The molecule has 0 aliphatic carbocycles. The van der Waals surface area contributed by atoms with Crippen molar-refractivity contribution in [2.75, 3.05) is 6.61 Å². The van der Waals surface area contributed by atoms with Gasteiger partial charge in [-0.2, -0.15) is 0 Å². The van der Waals surface area contributed by atoms with E-state index in [2.05, 4.69) is 31.3 Å². The molecule has 2 unspecified atom stereocenters. The lowest BCUT2D eigenvalue weighted by molar-refractivity contribution is -0.123. The van der Waals surface area contributed by atoms with E-state index in [9.17, 15) is 15.0 Å². The number of carbonyl (C=O) groups excluding carboxylic acids is 1. The average molecular weight is 438 g/mol. The van der Waals surface area contributed by atoms with Crippen molar-refractivity contribution in [2.24, 2.45) is 0 Å². The Morgan fingerprint density at radius 1 is 0.742 bits per heavy atom. The minimum Gasteiger partial charge on any atom is -0.394 e. The van der Waals surface area contributed by atoms with E-state index in [1.54, 1.807) is 6.08 Å². The van der Waals surface area contributed by atoms with Gasteiger partial charge in [0.05, 0.1) is 18.8 Å². The second-order valence-corrected chi connectivity index (χ2v) is 8.75. The largest absolute Gasteiger partial charge is 0.394 e. The molecule has 0 aromatic rings. The number of carbonyl (C=O) groups is 1. The summed E-state index contributed by atoms with van der Waals surface area (Å²) in [6, 6.07) is -0.628. The van der Waals surface area contributed by atoms with Crippen LogP contribution in [0.3, 0.4) is 0 Å². The molecule has 0 aliphatic rings. The van der Waals surface area contributed by atoms with E-state index in [1.165, 1.54) is 64.2 Å². The van der Waals surface area contributed by atoms with Crippen LogP contribution in [0.15, 0.2) is 24.3 Å². The number of rotatable bonds is 22. The molecule has 182 valence electrons. The van der Waals surface area contributed by atoms with Gasteiger partial charge in [0.2, 0.25) is 5.91 Å². The molecule has 0 radical (unpaired) electrons. The Balaban J connectivity index is 3.77. The molecule has 31 heavy (non-hydrogen) atoms. The van der Waals surface area contributed by atoms with E-state index in [0.29, 0.717) is 6.42 Å². The van der Waals surface area contributed by atoms with Crippen molar-refractivity contribution in [1.29, 1.82) is 0 Å². The van der Waals surface area contributed by atoms with Gasteiger partial charge >= 0.3 is 0 Å². The fraction of sp³-hybridized carbons (Fsp3) is 0.815. The second kappa shape index (κ2) is 23.5. The first-order valence-electron chi connectivity index (χ1n) is 13.1. The predicted molar refractivity (Wildman–Crippen MR) is 133 cm³/mol. The normalized spacial score (nSPS) is 13.8. The summed E-state index contributed by atoms with van der Waals surface area (Å²) >= 11 is 0. The SMILES string of the molecule is CCCCCCCCCC/C=C/CC/C=C/C(O)C(CO)NC(=O)CCCCCCC. The molecule has 2 atom stereocenters. The number of hydrogen-bond donors (Lipinski definition) is 3. The molecule has 0 rings (SSSR count). The fourth-order valence-electron chi connectivity index (χ4n) is 3.60. The Hall–Kier alpha value is -1.13. The number of unbranched alkanes of at least 4 members (excludes halogenated alkanes) is 13. The van der Waals surface area contributed by atoms with Crippen LogP contribution in [-0.2, 0) is 4.79 Å². The molecule has 0 saturated carbocycles. The standard InChI is InChI=1S/C27H51NO3/c1-3-5-7-9-10-11-12-13-14-15-16-17-19-20-22-26(30)25(24-29)28-27(31)23-21-18-8-6-4-2/h15-16,20,22,25-26,29-30H,3-14,17-19,21,23-24H2,1-2H3,(H,28,31)/b16-15+,22-20+. The van der Waals surface area contributed by atoms with Crippen molar-refractivity contribution < 1.29 is 15.0 Å². The topological polar surface area (TPSA) is 69.6 Å². The van der Waals surface area contributed by atoms with Gasteiger partial charge in [-0.1, -0.05) is 109 Å². The number of amides is 1. The van der Waals surface area contributed by atoms with Crippen LogP contribution in [0.4, 0.5) is 0 Å². The monoisotopic (exact) mass is 437 g/mol. The maximum Gasteiger partial charge on any atom is 0.220 e. The first kappa shape index (κ1) is 29.9. The molecule has 1 amide bonds. The molecule has 0 aromatic heterocycles. The minimum atomic E-state index is -0.852. The van der Waals surface area contributed by atoms with E-state index >= 15 is 0 Å². The van der Waals surface area contributed by atoms with Gasteiger partial charge in [-0.25, -0.2) is 0 Å². The first-order valence-corrected chi connectivity index (χ1v) is 13.1. The van der Waals surface area contributed by atoms with Gasteiger partial charge in [0.15, 0.2) is 0 Å². The van der Waals surface area contributed by atoms with E-state index in [-0.39, 0.29) is 12.5 Å². The highest BCUT2D eigenvalue weighted by atomic mass is 16.3. The molecule has 0 heterocycles. The minimum absolute atomic E-state index is 0.0908. The van der Waals surface area contributed by atoms with Crippen LogP contribution < -0.4 is 5.32 Å². The summed E-state index contributed by atoms with van der Waals surface area (Å²) in [5.74, 6) is -0.0908. The summed E-state index contributed by atoms with van der Waals surface area (Å²) in [5.41, 5.74) is 0. The molecule has 0 saturated heterocycles. The van der Waals surface area contributed by atoms with Crippen LogP contribution in [0, 0.1) is 0 Å². The summed E-state index contributed by atoms with van der Waals surface area (Å²) < 4.78 is 0. The van der Waals surface area contributed by atoms with Gasteiger partial charge in [0.1, 0.15) is 0 Å². The van der Waals surface area contributed by atoms with Crippen molar-refractivity contribution in [2.45, 2.75) is 135 Å². The summed E-state index contributed by atoms with van der Waals surface area (Å²) in [6.07, 6.45) is 27.0. The van der Waals surface area contributed by atoms with E-state index in [4.69, 9.17) is 0 Å². The van der Waals surface area contributed by atoms with E-state index in [0.717, 1.165) is 38.5 Å². The van der Waals surface area contributed by atoms with E-state index < -0.39 is 12.1 Å². The van der Waals surface area contributed by atoms with E-state index in [1.807, 2.05) is 6.08 Å². The highest BCUT2D eigenvalue weighted by molar-refractivity contribution is 5.76. The smallest absolute Gasteiger partial charge is 0.220 e. The molecule has 3 N–H and O–H groups in total. The Labute approximate surface area is 192 Å². The zero-order chi connectivity index (χ0) is 23.0. The molecule has 0 aromatic carbocycles. The molecule has 0 spiro atoms. The molecule has 0 fully saturated rings. The molecule has 4 nitrogen and oxygen atoms in total. The maximum absolute atomic E-state index is 12.0. The molecule has 0 aliphatic heterocycles. The maximum atomic E-state index is 12.0. The highest BCUT2D eigenvalue weighted by Gasteiger charge is 2.17. The first-order chi connectivity index (χ1) is 15.2. The Kier molecular flexibility index (Phi) is 22.7. The third-order valence-corrected chi connectivity index (χ3v) is 5.69. The van der Waals surface area contributed by atoms with Crippen molar-refractivity contribution in [1.82, 2.24) is 5.32 Å². The quantitative estimate of drug-likeness (QED) is 0.132. The Morgan fingerprint density at radius 3 is 1.87 bits per heavy atom. The summed E-state index contributed by atoms with van der Waals surface area (Å²) in [4.78, 5) is 12.0. The van der Waals surface area contributed by atoms with Crippen molar-refractivity contribution >= 4 is 5.91 Å². The lowest BCUT2D eigenvalue weighted by Crippen LogP contribution is -2.45. The van der Waals surface area contributed by atoms with Gasteiger partial charge in [0, 0.05) is 6.42 Å². The van der Waals surface area contributed by atoms with Crippen LogP contribution in [0.2, 0.25) is 0 Å². The van der Waals surface area contributed by atoms with Crippen molar-refractivity contribution in [3.05, 3.63) is 24.3 Å². The third-order valence-electron chi connectivity index (χ3n) is 5.69. The third kappa shape index (κ3) is 20.5. The Morgan fingerprint density at radius 2 is 1.26 bits per heavy atom. The number of nitrogens with one attached hydrogen (secondary N) is 1. The number of aliphatic hydroxyl groups is 2. The van der Waals surface area contributed by atoms with Gasteiger partial charge < -0.3 is 15.5 Å². The van der Waals surface area contributed by atoms with Crippen LogP contribution in [-0.4, -0.2) is 34.9 Å². The fourth-order valence-corrected chi connectivity index (χ4v) is 3.60. The average Bonchev–Trinajstić information content (AvgIpc) is 2.77. The van der Waals surface area contributed by atoms with Gasteiger partial charge in [-0.3, -0.25) is 4.79 Å². The molecular weight excluding hydrogens is 386 g/mol. The van der Waals surface area contributed by atoms with Crippen LogP contribution >= 0.6 is 0 Å². The van der Waals surface area contributed by atoms with Crippen LogP contribution in [0.25, 0.3) is 0 Å². The van der Waals surface area contributed by atoms with Crippen LogP contribution in [0.5, 0.6) is 0 Å². The second-order valence-electron chi connectivity index (χ2n) is 8.75. The van der Waals surface area contributed by atoms with Crippen molar-refractivity contribution in [3.63, 3.8) is 0 Å². The number of hydrogen-bond acceptors (Lipinski definition) is 3. The number of allylic oxidation sites excluding steroid dienone is 3. The van der Waals surface area contributed by atoms with Crippen molar-refractivity contribution in [3.8, 4) is 0 Å². The highest BCUT2D eigenvalue weighted by Crippen LogP contribution is 2.10. The zero-order valence-corrected chi connectivity index (χ0v) is 20.5. The van der Waals surface area contributed by atoms with Crippen LogP contribution in [0.1, 0.15) is 123 Å². The summed E-state index contributed by atoms with van der Waals surface area (Å²) in [7, 11) is 0. The Bertz CT molecular complexity index is 448. The summed E-state index contributed by atoms with van der Waals surface area (Å²) in [5, 5.41) is 22.4. The lowest BCUT2D eigenvalue weighted by Gasteiger charge is -2.19. The molecule has 0 bridgehead atoms. The van der Waals surface area contributed by atoms with Gasteiger partial charge in [-0.15, -0.1) is 0 Å². The summed E-state index contributed by atoms with van der Waals surface area (Å²) in [6.45, 7) is 4.17. The predicted octanol–water partition coefficient (Wildman–Crippen LogP) is 6.61.